The van der Waals surface area contributed by atoms with Crippen molar-refractivity contribution in [1.82, 2.24) is 0 Å². The third kappa shape index (κ3) is 2.95. The first-order valence-electron chi connectivity index (χ1n) is 5.17. The van der Waals surface area contributed by atoms with Gasteiger partial charge in [0.1, 0.15) is 0 Å². The van der Waals surface area contributed by atoms with E-state index < -0.39 is 0 Å². The molecule has 0 heterocycles. The van der Waals surface area contributed by atoms with Crippen molar-refractivity contribution in [3.8, 4) is 0 Å². The van der Waals surface area contributed by atoms with Gasteiger partial charge in [-0.3, -0.25) is 0 Å². The van der Waals surface area contributed by atoms with Gasteiger partial charge in [-0.05, 0) is 24.5 Å². The summed E-state index contributed by atoms with van der Waals surface area (Å²) in [4.78, 5) is 2.22. The van der Waals surface area contributed by atoms with Crippen molar-refractivity contribution in [1.29, 1.82) is 0 Å². The standard InChI is InChI=1S/C12H20N2/c1-10(2)8-9-14(3)12-7-5-4-6-11(12)13/h4-7,10H,8-9,13H2,1-3H3. The summed E-state index contributed by atoms with van der Waals surface area (Å²) in [6.07, 6.45) is 1.20. The first-order valence-corrected chi connectivity index (χ1v) is 5.17. The first-order chi connectivity index (χ1) is 6.61. The lowest BCUT2D eigenvalue weighted by molar-refractivity contribution is 0.585. The summed E-state index contributed by atoms with van der Waals surface area (Å²) in [5.41, 5.74) is 7.88. The van der Waals surface area contributed by atoms with Crippen LogP contribution < -0.4 is 10.6 Å². The second-order valence-electron chi connectivity index (χ2n) is 4.16. The summed E-state index contributed by atoms with van der Waals surface area (Å²) < 4.78 is 0. The molecule has 14 heavy (non-hydrogen) atoms. The molecule has 0 aliphatic rings. The van der Waals surface area contributed by atoms with Crippen LogP contribution in [0.15, 0.2) is 24.3 Å². The van der Waals surface area contributed by atoms with Gasteiger partial charge in [0, 0.05) is 13.6 Å². The Morgan fingerprint density at radius 1 is 1.29 bits per heavy atom. The van der Waals surface area contributed by atoms with E-state index in [0.717, 1.165) is 23.8 Å². The fourth-order valence-corrected chi connectivity index (χ4v) is 1.41. The number of nitrogens with zero attached hydrogens (tertiary/aromatic N) is 1. The molecule has 1 aromatic rings. The lowest BCUT2D eigenvalue weighted by Gasteiger charge is -2.21. The molecule has 0 fully saturated rings. The van der Waals surface area contributed by atoms with E-state index in [2.05, 4.69) is 31.9 Å². The van der Waals surface area contributed by atoms with E-state index >= 15 is 0 Å². The van der Waals surface area contributed by atoms with Gasteiger partial charge in [0.25, 0.3) is 0 Å². The van der Waals surface area contributed by atoms with Gasteiger partial charge in [-0.15, -0.1) is 0 Å². The molecular weight excluding hydrogens is 172 g/mol. The predicted molar refractivity (Wildman–Crippen MR) is 63.6 cm³/mol. The van der Waals surface area contributed by atoms with Crippen molar-refractivity contribution in [2.24, 2.45) is 5.92 Å². The number of benzene rings is 1. The minimum atomic E-state index is 0.738. The Morgan fingerprint density at radius 3 is 2.50 bits per heavy atom. The normalized spacial score (nSPS) is 10.6. The van der Waals surface area contributed by atoms with E-state index in [1.165, 1.54) is 6.42 Å². The molecule has 0 unspecified atom stereocenters. The molecule has 1 rings (SSSR count). The molecule has 0 spiro atoms. The van der Waals surface area contributed by atoms with Crippen LogP contribution in [0.2, 0.25) is 0 Å². The van der Waals surface area contributed by atoms with E-state index in [1.807, 2.05) is 18.2 Å². The van der Waals surface area contributed by atoms with Crippen molar-refractivity contribution in [2.45, 2.75) is 20.3 Å². The zero-order valence-electron chi connectivity index (χ0n) is 9.33. The fraction of sp³-hybridized carbons (Fsp3) is 0.500. The monoisotopic (exact) mass is 192 g/mol. The lowest BCUT2D eigenvalue weighted by Crippen LogP contribution is -2.20. The van der Waals surface area contributed by atoms with E-state index in [9.17, 15) is 0 Å². The van der Waals surface area contributed by atoms with Gasteiger partial charge >= 0.3 is 0 Å². The van der Waals surface area contributed by atoms with Crippen molar-refractivity contribution in [3.63, 3.8) is 0 Å². The fourth-order valence-electron chi connectivity index (χ4n) is 1.41. The minimum Gasteiger partial charge on any atom is -0.397 e. The molecule has 2 N–H and O–H groups in total. The van der Waals surface area contributed by atoms with E-state index in [4.69, 9.17) is 5.73 Å². The van der Waals surface area contributed by atoms with Gasteiger partial charge in [0.2, 0.25) is 0 Å². The summed E-state index contributed by atoms with van der Waals surface area (Å²) in [6, 6.07) is 8.00. The first kappa shape index (κ1) is 10.9. The summed E-state index contributed by atoms with van der Waals surface area (Å²) in [6.45, 7) is 5.54. The Kier molecular flexibility index (Phi) is 3.81. The number of anilines is 2. The van der Waals surface area contributed by atoms with Gasteiger partial charge in [0.05, 0.1) is 11.4 Å². The number of para-hydroxylation sites is 2. The second kappa shape index (κ2) is 4.89. The molecule has 2 nitrogen and oxygen atoms in total. The van der Waals surface area contributed by atoms with Gasteiger partial charge < -0.3 is 10.6 Å². The van der Waals surface area contributed by atoms with Crippen molar-refractivity contribution in [3.05, 3.63) is 24.3 Å². The molecule has 2 heteroatoms. The zero-order valence-corrected chi connectivity index (χ0v) is 9.33. The Bertz CT molecular complexity index is 281. The SMILES string of the molecule is CC(C)CCN(C)c1ccccc1N. The molecule has 0 amide bonds. The van der Waals surface area contributed by atoms with Crippen LogP contribution in [0.5, 0.6) is 0 Å². The van der Waals surface area contributed by atoms with Crippen LogP contribution in [0, 0.1) is 5.92 Å². The highest BCUT2D eigenvalue weighted by molar-refractivity contribution is 5.66. The number of rotatable bonds is 4. The topological polar surface area (TPSA) is 29.3 Å². The molecule has 0 bridgehead atoms. The number of nitrogen functional groups attached to an aromatic ring is 1. The highest BCUT2D eigenvalue weighted by atomic mass is 15.1. The maximum absolute atomic E-state index is 5.89. The highest BCUT2D eigenvalue weighted by Gasteiger charge is 2.04. The van der Waals surface area contributed by atoms with Gasteiger partial charge in [-0.1, -0.05) is 26.0 Å². The van der Waals surface area contributed by atoms with E-state index in [0.29, 0.717) is 0 Å². The van der Waals surface area contributed by atoms with E-state index in [1.54, 1.807) is 0 Å². The van der Waals surface area contributed by atoms with Gasteiger partial charge in [0.15, 0.2) is 0 Å². The number of hydrogen-bond donors (Lipinski definition) is 1. The van der Waals surface area contributed by atoms with Gasteiger partial charge in [-0.25, -0.2) is 0 Å². The summed E-state index contributed by atoms with van der Waals surface area (Å²) in [7, 11) is 2.09. The molecule has 0 aliphatic carbocycles. The Morgan fingerprint density at radius 2 is 1.93 bits per heavy atom. The van der Waals surface area contributed by atoms with Crippen LogP contribution in [0.1, 0.15) is 20.3 Å². The second-order valence-corrected chi connectivity index (χ2v) is 4.16. The Labute approximate surface area is 86.7 Å². The van der Waals surface area contributed by atoms with Crippen molar-refractivity contribution < 1.29 is 0 Å². The molecule has 0 radical (unpaired) electrons. The zero-order chi connectivity index (χ0) is 10.6. The Hall–Kier alpha value is -1.18. The smallest absolute Gasteiger partial charge is 0.0597 e. The van der Waals surface area contributed by atoms with Crippen LogP contribution in [-0.2, 0) is 0 Å². The Balaban J connectivity index is 2.60. The molecule has 0 saturated heterocycles. The van der Waals surface area contributed by atoms with Crippen LogP contribution in [0.3, 0.4) is 0 Å². The van der Waals surface area contributed by atoms with Crippen LogP contribution in [0.25, 0.3) is 0 Å². The van der Waals surface area contributed by atoms with Crippen molar-refractivity contribution >= 4 is 11.4 Å². The third-order valence-electron chi connectivity index (χ3n) is 2.39. The maximum Gasteiger partial charge on any atom is 0.0597 e. The lowest BCUT2D eigenvalue weighted by atomic mass is 10.1. The molecule has 0 atom stereocenters. The quantitative estimate of drug-likeness (QED) is 0.743. The average molecular weight is 192 g/mol. The molecule has 0 aliphatic heterocycles. The molecule has 0 saturated carbocycles. The minimum absolute atomic E-state index is 0.738. The largest absolute Gasteiger partial charge is 0.397 e. The summed E-state index contributed by atoms with van der Waals surface area (Å²) in [5.74, 6) is 0.738. The molecule has 78 valence electrons. The van der Waals surface area contributed by atoms with Crippen LogP contribution >= 0.6 is 0 Å². The number of nitrogens with two attached hydrogens (primary N) is 1. The molecular formula is C12H20N2. The van der Waals surface area contributed by atoms with E-state index in [-0.39, 0.29) is 0 Å². The molecule has 1 aromatic carbocycles. The summed E-state index contributed by atoms with van der Waals surface area (Å²) in [5, 5.41) is 0. The van der Waals surface area contributed by atoms with Crippen molar-refractivity contribution in [2.75, 3.05) is 24.2 Å². The predicted octanol–water partition coefficient (Wildman–Crippen LogP) is 2.75. The number of hydrogen-bond acceptors (Lipinski definition) is 2. The summed E-state index contributed by atoms with van der Waals surface area (Å²) >= 11 is 0. The van der Waals surface area contributed by atoms with Gasteiger partial charge in [-0.2, -0.15) is 0 Å². The van der Waals surface area contributed by atoms with Crippen LogP contribution in [-0.4, -0.2) is 13.6 Å². The third-order valence-corrected chi connectivity index (χ3v) is 2.39. The highest BCUT2D eigenvalue weighted by Crippen LogP contribution is 2.21. The molecule has 0 aromatic heterocycles. The average Bonchev–Trinajstić information content (AvgIpc) is 2.15. The maximum atomic E-state index is 5.89. The van der Waals surface area contributed by atoms with Crippen LogP contribution in [0.4, 0.5) is 11.4 Å².